The van der Waals surface area contributed by atoms with Gasteiger partial charge in [0.15, 0.2) is 0 Å². The van der Waals surface area contributed by atoms with Gasteiger partial charge in [-0.25, -0.2) is 0 Å². The monoisotopic (exact) mass is 264 g/mol. The summed E-state index contributed by atoms with van der Waals surface area (Å²) in [6.07, 6.45) is 1.57. The van der Waals surface area contributed by atoms with Gasteiger partial charge in [-0.3, -0.25) is 4.79 Å². The molecular formula is C15H24N2O2. The number of hydrogen-bond acceptors (Lipinski definition) is 3. The van der Waals surface area contributed by atoms with Crippen molar-refractivity contribution in [2.24, 2.45) is 5.73 Å². The van der Waals surface area contributed by atoms with Gasteiger partial charge in [-0.05, 0) is 32.4 Å². The summed E-state index contributed by atoms with van der Waals surface area (Å²) >= 11 is 0. The highest BCUT2D eigenvalue weighted by Crippen LogP contribution is 2.11. The molecule has 0 saturated heterocycles. The van der Waals surface area contributed by atoms with E-state index in [1.165, 1.54) is 5.56 Å². The third-order valence-electron chi connectivity index (χ3n) is 2.97. The average molecular weight is 264 g/mol. The molecule has 1 atom stereocenters. The molecule has 106 valence electrons. The number of carbonyl (C=O) groups excluding carboxylic acids is 1. The second-order valence-electron chi connectivity index (χ2n) is 5.08. The van der Waals surface area contributed by atoms with Crippen molar-refractivity contribution in [3.63, 3.8) is 0 Å². The summed E-state index contributed by atoms with van der Waals surface area (Å²) < 4.78 is 5.53. The minimum absolute atomic E-state index is 0.123. The Morgan fingerprint density at radius 2 is 2.00 bits per heavy atom. The maximum absolute atomic E-state index is 11.8. The van der Waals surface area contributed by atoms with Crippen LogP contribution >= 0.6 is 0 Å². The van der Waals surface area contributed by atoms with Crippen LogP contribution in [0.25, 0.3) is 0 Å². The highest BCUT2D eigenvalue weighted by Gasteiger charge is 2.26. The molecular weight excluding hydrogens is 240 g/mol. The van der Waals surface area contributed by atoms with Crippen molar-refractivity contribution in [3.8, 4) is 5.75 Å². The van der Waals surface area contributed by atoms with Gasteiger partial charge in [0, 0.05) is 0 Å². The second-order valence-corrected chi connectivity index (χ2v) is 5.08. The van der Waals surface area contributed by atoms with Crippen LogP contribution in [0, 0.1) is 6.92 Å². The molecule has 4 heteroatoms. The van der Waals surface area contributed by atoms with Crippen LogP contribution in [-0.2, 0) is 4.79 Å². The van der Waals surface area contributed by atoms with Gasteiger partial charge in [0.2, 0.25) is 5.91 Å². The molecule has 0 fully saturated rings. The lowest BCUT2D eigenvalue weighted by atomic mass is 9.97. The van der Waals surface area contributed by atoms with E-state index in [1.807, 2.05) is 38.1 Å². The Kier molecular flexibility index (Phi) is 5.83. The molecule has 0 saturated carbocycles. The lowest BCUT2D eigenvalue weighted by Gasteiger charge is -2.22. The molecule has 0 aliphatic carbocycles. The molecule has 0 aliphatic rings. The fourth-order valence-corrected chi connectivity index (χ4v) is 1.80. The lowest BCUT2D eigenvalue weighted by Crippen LogP contribution is -2.52. The first-order valence-corrected chi connectivity index (χ1v) is 6.72. The topological polar surface area (TPSA) is 64.4 Å². The smallest absolute Gasteiger partial charge is 0.239 e. The van der Waals surface area contributed by atoms with Crippen molar-refractivity contribution in [1.82, 2.24) is 5.32 Å². The van der Waals surface area contributed by atoms with Crippen LogP contribution in [0.15, 0.2) is 24.3 Å². The summed E-state index contributed by atoms with van der Waals surface area (Å²) in [6.45, 7) is 6.70. The summed E-state index contributed by atoms with van der Waals surface area (Å²) in [5, 5.41) is 2.80. The van der Waals surface area contributed by atoms with Gasteiger partial charge >= 0.3 is 0 Å². The van der Waals surface area contributed by atoms with E-state index in [-0.39, 0.29) is 5.91 Å². The fourth-order valence-electron chi connectivity index (χ4n) is 1.80. The van der Waals surface area contributed by atoms with Crippen LogP contribution in [0.5, 0.6) is 5.75 Å². The maximum atomic E-state index is 11.8. The van der Waals surface area contributed by atoms with Gasteiger partial charge in [0.05, 0.1) is 12.1 Å². The minimum atomic E-state index is -0.793. The highest BCUT2D eigenvalue weighted by molar-refractivity contribution is 5.85. The largest absolute Gasteiger partial charge is 0.492 e. The molecule has 19 heavy (non-hydrogen) atoms. The van der Waals surface area contributed by atoms with Crippen molar-refractivity contribution in [2.45, 2.75) is 39.2 Å². The molecule has 3 N–H and O–H groups in total. The number of ether oxygens (including phenoxy) is 1. The molecule has 0 radical (unpaired) electrons. The van der Waals surface area contributed by atoms with E-state index in [1.54, 1.807) is 6.92 Å². The van der Waals surface area contributed by atoms with E-state index in [0.29, 0.717) is 19.6 Å². The van der Waals surface area contributed by atoms with Crippen LogP contribution in [-0.4, -0.2) is 24.6 Å². The Morgan fingerprint density at radius 1 is 1.37 bits per heavy atom. The Morgan fingerprint density at radius 3 is 2.58 bits per heavy atom. The van der Waals surface area contributed by atoms with Crippen LogP contribution in [0.2, 0.25) is 0 Å². The normalized spacial score (nSPS) is 13.7. The number of nitrogens with one attached hydrogen (secondary N) is 1. The van der Waals surface area contributed by atoms with E-state index in [2.05, 4.69) is 5.32 Å². The highest BCUT2D eigenvalue weighted by atomic mass is 16.5. The van der Waals surface area contributed by atoms with Crippen molar-refractivity contribution in [1.29, 1.82) is 0 Å². The van der Waals surface area contributed by atoms with E-state index in [4.69, 9.17) is 10.5 Å². The first-order valence-electron chi connectivity index (χ1n) is 6.72. The van der Waals surface area contributed by atoms with Gasteiger partial charge in [-0.1, -0.05) is 31.0 Å². The maximum Gasteiger partial charge on any atom is 0.239 e. The van der Waals surface area contributed by atoms with Crippen molar-refractivity contribution < 1.29 is 9.53 Å². The van der Waals surface area contributed by atoms with Crippen LogP contribution in [0.4, 0.5) is 0 Å². The third-order valence-corrected chi connectivity index (χ3v) is 2.97. The molecule has 1 unspecified atom stereocenters. The second kappa shape index (κ2) is 7.14. The van der Waals surface area contributed by atoms with E-state index < -0.39 is 5.54 Å². The standard InChI is InChI=1S/C15H24N2O2/c1-4-9-15(3,16)14(18)17-10-11-19-13-7-5-12(2)6-8-13/h5-8H,4,9-11,16H2,1-3H3,(H,17,18). The fraction of sp³-hybridized carbons (Fsp3) is 0.533. The van der Waals surface area contributed by atoms with Gasteiger partial charge in [-0.2, -0.15) is 0 Å². The number of aryl methyl sites for hydroxylation is 1. The van der Waals surface area contributed by atoms with Gasteiger partial charge in [0.1, 0.15) is 12.4 Å². The Labute approximate surface area is 115 Å². The quantitative estimate of drug-likeness (QED) is 0.740. The molecule has 0 spiro atoms. The predicted molar refractivity (Wildman–Crippen MR) is 77.2 cm³/mol. The summed E-state index contributed by atoms with van der Waals surface area (Å²) in [6, 6.07) is 7.82. The van der Waals surface area contributed by atoms with Crippen molar-refractivity contribution in [3.05, 3.63) is 29.8 Å². The van der Waals surface area contributed by atoms with Crippen molar-refractivity contribution >= 4 is 5.91 Å². The number of amides is 1. The zero-order chi connectivity index (χ0) is 14.3. The van der Waals surface area contributed by atoms with Gasteiger partial charge in [-0.15, -0.1) is 0 Å². The molecule has 1 aromatic rings. The average Bonchev–Trinajstić information content (AvgIpc) is 2.36. The van der Waals surface area contributed by atoms with Gasteiger partial charge < -0.3 is 15.8 Å². The number of nitrogens with two attached hydrogens (primary N) is 1. The number of carbonyl (C=O) groups is 1. The van der Waals surface area contributed by atoms with Crippen LogP contribution < -0.4 is 15.8 Å². The zero-order valence-corrected chi connectivity index (χ0v) is 12.0. The first kappa shape index (κ1) is 15.5. The lowest BCUT2D eigenvalue weighted by molar-refractivity contribution is -0.126. The Bertz CT molecular complexity index is 399. The zero-order valence-electron chi connectivity index (χ0n) is 12.0. The predicted octanol–water partition coefficient (Wildman–Crippen LogP) is 2.01. The third kappa shape index (κ3) is 5.30. The molecule has 0 bridgehead atoms. The molecule has 4 nitrogen and oxygen atoms in total. The first-order chi connectivity index (χ1) is 8.95. The molecule has 0 heterocycles. The Balaban J connectivity index is 2.27. The number of benzene rings is 1. The summed E-state index contributed by atoms with van der Waals surface area (Å²) in [7, 11) is 0. The van der Waals surface area contributed by atoms with Crippen LogP contribution in [0.1, 0.15) is 32.3 Å². The van der Waals surface area contributed by atoms with Crippen LogP contribution in [0.3, 0.4) is 0 Å². The molecule has 1 rings (SSSR count). The van der Waals surface area contributed by atoms with Gasteiger partial charge in [0.25, 0.3) is 0 Å². The van der Waals surface area contributed by atoms with E-state index in [9.17, 15) is 4.79 Å². The molecule has 1 amide bonds. The van der Waals surface area contributed by atoms with E-state index >= 15 is 0 Å². The number of hydrogen-bond donors (Lipinski definition) is 2. The molecule has 0 aromatic heterocycles. The Hall–Kier alpha value is -1.55. The summed E-state index contributed by atoms with van der Waals surface area (Å²) in [5.74, 6) is 0.686. The number of rotatable bonds is 7. The minimum Gasteiger partial charge on any atom is -0.492 e. The summed E-state index contributed by atoms with van der Waals surface area (Å²) in [5.41, 5.74) is 6.33. The van der Waals surface area contributed by atoms with Crippen molar-refractivity contribution in [2.75, 3.05) is 13.2 Å². The summed E-state index contributed by atoms with van der Waals surface area (Å²) in [4.78, 5) is 11.8. The molecule has 1 aromatic carbocycles. The SMILES string of the molecule is CCCC(C)(N)C(=O)NCCOc1ccc(C)cc1. The molecule has 0 aliphatic heterocycles. The van der Waals surface area contributed by atoms with E-state index in [0.717, 1.165) is 12.2 Å².